The van der Waals surface area contributed by atoms with Gasteiger partial charge in [-0.2, -0.15) is 26.3 Å². The van der Waals surface area contributed by atoms with E-state index in [4.69, 9.17) is 11.6 Å². The van der Waals surface area contributed by atoms with E-state index >= 15 is 0 Å². The zero-order chi connectivity index (χ0) is 38.1. The lowest BCUT2D eigenvalue weighted by Crippen LogP contribution is -2.36. The smallest absolute Gasteiger partial charge is 0.352 e. The zero-order valence-electron chi connectivity index (χ0n) is 29.8. The molecule has 0 aromatic heterocycles. The van der Waals surface area contributed by atoms with Gasteiger partial charge >= 0.3 is 12.9 Å². The molecule has 0 aliphatic heterocycles. The second kappa shape index (κ2) is 21.8. The lowest BCUT2D eigenvalue weighted by molar-refractivity contribution is -0.128. The van der Waals surface area contributed by atoms with Crippen LogP contribution in [0.2, 0.25) is 5.02 Å². The van der Waals surface area contributed by atoms with Gasteiger partial charge in [-0.25, -0.2) is 0 Å². The summed E-state index contributed by atoms with van der Waals surface area (Å²) in [6.45, 7) is 6.58. The Morgan fingerprint density at radius 3 is 1.80 bits per heavy atom. The van der Waals surface area contributed by atoms with Gasteiger partial charge in [-0.05, 0) is 61.1 Å². The van der Waals surface area contributed by atoms with Crippen LogP contribution in [-0.4, -0.2) is 36.6 Å². The molecule has 0 unspecified atom stereocenters. The SMILES string of the molecule is CC(F)(F)F.CC1CCCCC1.Cc1ccc(NC(=O)c2cc(CNC(=O)C(C)(C)C)ccc2Cl)cc1C(=O)NC1CCCCC1.FC(F)F. The van der Waals surface area contributed by atoms with Crippen LogP contribution in [0.4, 0.5) is 32.0 Å². The summed E-state index contributed by atoms with van der Waals surface area (Å²) < 4.78 is 60.1. The molecule has 2 aromatic rings. The highest BCUT2D eigenvalue weighted by Crippen LogP contribution is 2.24. The van der Waals surface area contributed by atoms with Crippen LogP contribution in [0.1, 0.15) is 131 Å². The molecule has 2 aliphatic rings. The molecule has 0 spiro atoms. The summed E-state index contributed by atoms with van der Waals surface area (Å²) >= 11 is 6.30. The summed E-state index contributed by atoms with van der Waals surface area (Å²) in [6, 6.07) is 10.6. The molecular weight excluding hydrogens is 684 g/mol. The highest BCUT2D eigenvalue weighted by molar-refractivity contribution is 6.34. The van der Waals surface area contributed by atoms with Gasteiger partial charge in [-0.1, -0.05) is 103 Å². The standard InChI is InChI=1S/C27H34ClN3O3.C7H14.C2H3F3.CHF3/c1-17-10-12-20(15-21(17)24(32)30-19-8-6-5-7-9-19)31-25(33)22-14-18(11-13-23(22)28)16-29-26(34)27(2,3)4;1-7-5-3-2-4-6-7;1-2(3,4)5;2-1(3)4/h10-15,19H,5-9,16H2,1-4H3,(H,29,34)(H,30,32)(H,31,33);7H,2-6H2,1H3;1H3;1H. The molecule has 2 saturated carbocycles. The van der Waals surface area contributed by atoms with Crippen molar-refractivity contribution in [2.75, 3.05) is 5.32 Å². The van der Waals surface area contributed by atoms with E-state index < -0.39 is 18.3 Å². The molecule has 0 heterocycles. The van der Waals surface area contributed by atoms with Crippen LogP contribution in [0, 0.1) is 18.3 Å². The highest BCUT2D eigenvalue weighted by Gasteiger charge is 2.22. The van der Waals surface area contributed by atoms with Crippen molar-refractivity contribution in [3.8, 4) is 0 Å². The maximum Gasteiger partial charge on any atom is 0.386 e. The minimum Gasteiger partial charge on any atom is -0.352 e. The number of amides is 3. The molecule has 0 atom stereocenters. The number of aryl methyl sites for hydroxylation is 1. The maximum atomic E-state index is 13.0. The zero-order valence-corrected chi connectivity index (χ0v) is 30.6. The Morgan fingerprint density at radius 2 is 1.32 bits per heavy atom. The second-order valence-electron chi connectivity index (χ2n) is 13.8. The third kappa shape index (κ3) is 19.8. The van der Waals surface area contributed by atoms with Crippen molar-refractivity contribution in [1.82, 2.24) is 10.6 Å². The highest BCUT2D eigenvalue weighted by atomic mass is 35.5. The van der Waals surface area contributed by atoms with E-state index in [1.165, 1.54) is 38.5 Å². The van der Waals surface area contributed by atoms with Gasteiger partial charge in [-0.15, -0.1) is 0 Å². The van der Waals surface area contributed by atoms with Crippen LogP contribution in [0.15, 0.2) is 36.4 Å². The molecule has 3 N–H and O–H groups in total. The van der Waals surface area contributed by atoms with Gasteiger partial charge in [0, 0.05) is 36.2 Å². The Morgan fingerprint density at radius 1 is 0.800 bits per heavy atom. The summed E-state index contributed by atoms with van der Waals surface area (Å²) in [5.41, 5.74) is 2.49. The van der Waals surface area contributed by atoms with Crippen molar-refractivity contribution in [3.63, 3.8) is 0 Å². The average Bonchev–Trinajstić information content (AvgIpc) is 3.01. The summed E-state index contributed by atoms with van der Waals surface area (Å²) in [5.74, 6) is 0.465. The number of nitrogens with one attached hydrogen (secondary N) is 3. The molecule has 0 radical (unpaired) electrons. The summed E-state index contributed by atoms with van der Waals surface area (Å²) in [5, 5.41) is 9.17. The molecule has 2 fully saturated rings. The largest absolute Gasteiger partial charge is 0.386 e. The lowest BCUT2D eigenvalue weighted by atomic mass is 9.91. The van der Waals surface area contributed by atoms with Crippen LogP contribution in [-0.2, 0) is 11.3 Å². The van der Waals surface area contributed by atoms with Gasteiger partial charge in [0.05, 0.1) is 10.6 Å². The van der Waals surface area contributed by atoms with Crippen LogP contribution in [0.3, 0.4) is 0 Å². The van der Waals surface area contributed by atoms with Gasteiger partial charge in [0.25, 0.3) is 11.8 Å². The summed E-state index contributed by atoms with van der Waals surface area (Å²) in [6.07, 6.45) is 8.95. The molecule has 282 valence electrons. The summed E-state index contributed by atoms with van der Waals surface area (Å²) in [4.78, 5) is 38.0. The Bertz CT molecular complexity index is 1340. The third-order valence-corrected chi connectivity index (χ3v) is 8.31. The van der Waals surface area contributed by atoms with Crippen LogP contribution >= 0.6 is 11.6 Å². The number of carbonyl (C=O) groups is 3. The molecule has 3 amide bonds. The van der Waals surface area contributed by atoms with Gasteiger partial charge < -0.3 is 16.0 Å². The van der Waals surface area contributed by atoms with Crippen molar-refractivity contribution in [2.45, 2.75) is 131 Å². The van der Waals surface area contributed by atoms with Crippen LogP contribution in [0.25, 0.3) is 0 Å². The fraction of sp³-hybridized carbons (Fsp3) is 0.595. The Labute approximate surface area is 297 Å². The Balaban J connectivity index is 0.000000642. The van der Waals surface area contributed by atoms with Crippen molar-refractivity contribution in [1.29, 1.82) is 0 Å². The molecule has 13 heteroatoms. The normalized spacial score (nSPS) is 15.2. The molecule has 0 saturated heterocycles. The number of alkyl halides is 6. The molecule has 6 nitrogen and oxygen atoms in total. The average molecular weight is 736 g/mol. The fourth-order valence-corrected chi connectivity index (χ4v) is 5.47. The maximum absolute atomic E-state index is 13.0. The van der Waals surface area contributed by atoms with Crippen molar-refractivity contribution < 1.29 is 40.7 Å². The van der Waals surface area contributed by atoms with Crippen LogP contribution < -0.4 is 16.0 Å². The number of anilines is 1. The first-order valence-electron chi connectivity index (χ1n) is 17.0. The lowest BCUT2D eigenvalue weighted by Gasteiger charge is -2.23. The van der Waals surface area contributed by atoms with E-state index in [0.717, 1.165) is 42.7 Å². The number of hydrogen-bond donors (Lipinski definition) is 3. The first-order valence-corrected chi connectivity index (χ1v) is 17.3. The third-order valence-electron chi connectivity index (χ3n) is 7.98. The molecule has 4 rings (SSSR count). The number of hydrogen-bond acceptors (Lipinski definition) is 3. The minimum absolute atomic E-state index is 0.0767. The van der Waals surface area contributed by atoms with Gasteiger partial charge in [-0.3, -0.25) is 14.4 Å². The number of halogens is 7. The first-order chi connectivity index (χ1) is 23.2. The van der Waals surface area contributed by atoms with E-state index in [0.29, 0.717) is 28.4 Å². The van der Waals surface area contributed by atoms with Crippen molar-refractivity contribution in [2.24, 2.45) is 11.3 Å². The quantitative estimate of drug-likeness (QED) is 0.258. The minimum atomic E-state index is -4.00. The first kappa shape index (κ1) is 44.7. The predicted molar refractivity (Wildman–Crippen MR) is 187 cm³/mol. The predicted octanol–water partition coefficient (Wildman–Crippen LogP) is 11.0. The Kier molecular flexibility index (Phi) is 19.5. The molecule has 2 aromatic carbocycles. The van der Waals surface area contributed by atoms with Crippen LogP contribution in [0.5, 0.6) is 0 Å². The van der Waals surface area contributed by atoms with Crippen molar-refractivity contribution in [3.05, 3.63) is 63.7 Å². The number of carbonyl (C=O) groups excluding carboxylic acids is 3. The molecule has 0 bridgehead atoms. The van der Waals surface area contributed by atoms with Gasteiger partial charge in [0.1, 0.15) is 0 Å². The molecular formula is C37H52ClF6N3O3. The van der Waals surface area contributed by atoms with E-state index in [1.54, 1.807) is 30.3 Å². The molecule has 50 heavy (non-hydrogen) atoms. The van der Waals surface area contributed by atoms with E-state index in [-0.39, 0.29) is 30.7 Å². The Hall–Kier alpha value is -3.28. The topological polar surface area (TPSA) is 87.3 Å². The molecule has 2 aliphatic carbocycles. The summed E-state index contributed by atoms with van der Waals surface area (Å²) in [7, 11) is 0. The fourth-order valence-electron chi connectivity index (χ4n) is 5.26. The van der Waals surface area contributed by atoms with E-state index in [1.807, 2.05) is 33.8 Å². The van der Waals surface area contributed by atoms with E-state index in [2.05, 4.69) is 22.9 Å². The second-order valence-corrected chi connectivity index (χ2v) is 14.2. The van der Waals surface area contributed by atoms with Gasteiger partial charge in [0.2, 0.25) is 5.91 Å². The number of benzene rings is 2. The monoisotopic (exact) mass is 735 g/mol. The number of rotatable bonds is 6. The van der Waals surface area contributed by atoms with E-state index in [9.17, 15) is 40.7 Å². The van der Waals surface area contributed by atoms with Gasteiger partial charge in [0.15, 0.2) is 0 Å². The van der Waals surface area contributed by atoms with Crippen molar-refractivity contribution >= 4 is 35.0 Å².